The van der Waals surface area contributed by atoms with Crippen LogP contribution in [0.2, 0.25) is 0 Å². The van der Waals surface area contributed by atoms with E-state index in [2.05, 4.69) is 0 Å². The summed E-state index contributed by atoms with van der Waals surface area (Å²) in [5, 5.41) is 14.4. The monoisotopic (exact) mass is 556 g/mol. The first kappa shape index (κ1) is 29.0. The third-order valence-corrected chi connectivity index (χ3v) is 6.39. The van der Waals surface area contributed by atoms with Gasteiger partial charge in [-0.25, -0.2) is 9.07 Å². The molecule has 0 unspecified atom stereocenters. The molecule has 4 rings (SSSR count). The van der Waals surface area contributed by atoms with Gasteiger partial charge in [0.25, 0.3) is 11.8 Å². The first-order valence-electron chi connectivity index (χ1n) is 13.2. The van der Waals surface area contributed by atoms with Gasteiger partial charge in [0, 0.05) is 36.4 Å². The highest BCUT2D eigenvalue weighted by Crippen LogP contribution is 2.32. The van der Waals surface area contributed by atoms with E-state index >= 15 is 0 Å². The molecule has 2 amide bonds. The summed E-state index contributed by atoms with van der Waals surface area (Å²) < 4.78 is 26.9. The van der Waals surface area contributed by atoms with Gasteiger partial charge in [0.2, 0.25) is 0 Å². The van der Waals surface area contributed by atoms with Crippen LogP contribution in [0.5, 0.6) is 5.75 Å². The second-order valence-corrected chi connectivity index (χ2v) is 9.33. The van der Waals surface area contributed by atoms with E-state index in [0.717, 1.165) is 17.0 Å². The van der Waals surface area contributed by atoms with Crippen molar-refractivity contribution in [2.45, 2.75) is 33.6 Å². The van der Waals surface area contributed by atoms with Crippen LogP contribution in [0.3, 0.4) is 0 Å². The minimum absolute atomic E-state index is 0.0214. The first-order valence-corrected chi connectivity index (χ1v) is 13.2. The molecule has 0 saturated heterocycles. The minimum Gasteiger partial charge on any atom is -0.491 e. The molecule has 1 aliphatic rings. The van der Waals surface area contributed by atoms with Crippen molar-refractivity contribution in [3.63, 3.8) is 0 Å². The maximum atomic E-state index is 14.9. The fraction of sp³-hybridized carbons (Fsp3) is 0.258. The lowest BCUT2D eigenvalue weighted by molar-refractivity contribution is -0.141. The van der Waals surface area contributed by atoms with Crippen LogP contribution in [0.1, 0.15) is 39.2 Å². The molecule has 0 saturated carbocycles. The van der Waals surface area contributed by atoms with Crippen LogP contribution in [-0.4, -0.2) is 52.2 Å². The van der Waals surface area contributed by atoms with E-state index < -0.39 is 23.6 Å². The number of nitrogens with zero attached hydrogens (tertiary/aromatic N) is 4. The lowest BCUT2D eigenvalue weighted by atomic mass is 9.93. The predicted octanol–water partition coefficient (Wildman–Crippen LogP) is 5.01. The number of para-hydroxylation sites is 1. The Kier molecular flexibility index (Phi) is 9.09. The number of carbonyl (C=O) groups excluding carboxylic acids is 3. The molecule has 10 heteroatoms. The van der Waals surface area contributed by atoms with Gasteiger partial charge in [-0.2, -0.15) is 10.4 Å². The molecule has 2 heterocycles. The third kappa shape index (κ3) is 6.41. The summed E-state index contributed by atoms with van der Waals surface area (Å²) in [4.78, 5) is 38.6. The summed E-state index contributed by atoms with van der Waals surface area (Å²) >= 11 is 0. The fourth-order valence-electron chi connectivity index (χ4n) is 4.33. The van der Waals surface area contributed by atoms with Gasteiger partial charge >= 0.3 is 5.97 Å². The summed E-state index contributed by atoms with van der Waals surface area (Å²) in [5.74, 6) is -2.20. The number of benzene rings is 2. The Balaban J connectivity index is 1.80. The predicted molar refractivity (Wildman–Crippen MR) is 149 cm³/mol. The lowest BCUT2D eigenvalue weighted by Gasteiger charge is -2.27. The number of hydrogen-bond acceptors (Lipinski definition) is 7. The average molecular weight is 557 g/mol. The topological polar surface area (TPSA) is 115 Å². The number of hydrogen-bond donors (Lipinski definition) is 0. The van der Waals surface area contributed by atoms with Crippen molar-refractivity contribution in [3.8, 4) is 28.8 Å². The smallest absolute Gasteiger partial charge is 0.302 e. The van der Waals surface area contributed by atoms with Gasteiger partial charge in [0.05, 0.1) is 18.9 Å². The quantitative estimate of drug-likeness (QED) is 0.149. The summed E-state index contributed by atoms with van der Waals surface area (Å²) in [5.41, 5.74) is 2.25. The van der Waals surface area contributed by atoms with Crippen molar-refractivity contribution in [2.75, 3.05) is 19.8 Å². The number of carbonyl (C=O) groups is 3. The standard InChI is InChI=1S/C31H29FN4O5/c1-4-14-41-28-12-11-22(17-27(28)32)29-23(19-36(34-29)24-9-6-5-7-10-24)16-25-20(2)26(18-33)31(39)35(30(25)38)13-8-15-40-21(3)37/h5-7,9-12,16-17,19H,4,8,13-15H2,1-3H3/b25-16+. The minimum atomic E-state index is -0.708. The Hall–Kier alpha value is -5.04. The Labute approximate surface area is 237 Å². The van der Waals surface area contributed by atoms with Gasteiger partial charge in [0.1, 0.15) is 17.3 Å². The molecule has 0 spiro atoms. The van der Waals surface area contributed by atoms with Crippen LogP contribution in [0.25, 0.3) is 23.0 Å². The van der Waals surface area contributed by atoms with Crippen molar-refractivity contribution in [1.82, 2.24) is 14.7 Å². The summed E-state index contributed by atoms with van der Waals surface area (Å²) in [6.45, 7) is 5.09. The second kappa shape index (κ2) is 12.9. The number of imide groups is 1. The third-order valence-electron chi connectivity index (χ3n) is 6.39. The average Bonchev–Trinajstić information content (AvgIpc) is 3.39. The Morgan fingerprint density at radius 2 is 1.88 bits per heavy atom. The SMILES string of the molecule is CCCOc1ccc(-c2nn(-c3ccccc3)cc2/C=C2/C(=O)N(CCCOC(C)=O)C(=O)C(C#N)=C2C)cc1F. The van der Waals surface area contributed by atoms with E-state index in [9.17, 15) is 24.0 Å². The van der Waals surface area contributed by atoms with Gasteiger partial charge in [-0.15, -0.1) is 0 Å². The molecule has 1 aliphatic heterocycles. The lowest BCUT2D eigenvalue weighted by Crippen LogP contribution is -2.43. The van der Waals surface area contributed by atoms with Crippen molar-refractivity contribution < 1.29 is 28.2 Å². The van der Waals surface area contributed by atoms with Gasteiger partial charge in [-0.05, 0) is 61.7 Å². The maximum absolute atomic E-state index is 14.9. The van der Waals surface area contributed by atoms with E-state index in [-0.39, 0.29) is 42.0 Å². The van der Waals surface area contributed by atoms with Crippen LogP contribution < -0.4 is 4.74 Å². The second-order valence-electron chi connectivity index (χ2n) is 9.33. The highest BCUT2D eigenvalue weighted by Gasteiger charge is 2.35. The van der Waals surface area contributed by atoms with E-state index in [1.807, 2.05) is 43.3 Å². The molecule has 210 valence electrons. The van der Waals surface area contributed by atoms with Crippen molar-refractivity contribution >= 4 is 23.9 Å². The van der Waals surface area contributed by atoms with E-state index in [1.165, 1.54) is 26.0 Å². The number of rotatable bonds is 10. The maximum Gasteiger partial charge on any atom is 0.302 e. The highest BCUT2D eigenvalue weighted by molar-refractivity contribution is 6.19. The van der Waals surface area contributed by atoms with Gasteiger partial charge in [-0.1, -0.05) is 25.1 Å². The molecule has 1 aromatic heterocycles. The highest BCUT2D eigenvalue weighted by atomic mass is 19.1. The summed E-state index contributed by atoms with van der Waals surface area (Å²) in [7, 11) is 0. The zero-order chi connectivity index (χ0) is 29.5. The normalized spacial score (nSPS) is 14.4. The Morgan fingerprint density at radius 3 is 2.54 bits per heavy atom. The van der Waals surface area contributed by atoms with E-state index in [4.69, 9.17) is 14.6 Å². The number of halogens is 1. The molecular formula is C31H29FN4O5. The molecule has 0 aliphatic carbocycles. The molecule has 41 heavy (non-hydrogen) atoms. The van der Waals surface area contributed by atoms with Crippen LogP contribution in [0.4, 0.5) is 4.39 Å². The van der Waals surface area contributed by atoms with Crippen LogP contribution in [0, 0.1) is 17.1 Å². The van der Waals surface area contributed by atoms with Crippen molar-refractivity contribution in [1.29, 1.82) is 5.26 Å². The molecule has 9 nitrogen and oxygen atoms in total. The molecule has 0 fully saturated rings. The van der Waals surface area contributed by atoms with Crippen LogP contribution >= 0.6 is 0 Å². The van der Waals surface area contributed by atoms with E-state index in [1.54, 1.807) is 23.0 Å². The first-order chi connectivity index (χ1) is 19.7. The van der Waals surface area contributed by atoms with E-state index in [0.29, 0.717) is 23.4 Å². The Bertz CT molecular complexity index is 1580. The summed E-state index contributed by atoms with van der Waals surface area (Å²) in [6, 6.07) is 15.7. The zero-order valence-electron chi connectivity index (χ0n) is 23.0. The number of amides is 2. The number of nitriles is 1. The van der Waals surface area contributed by atoms with Gasteiger partial charge < -0.3 is 9.47 Å². The number of esters is 1. The number of ether oxygens (including phenoxy) is 2. The zero-order valence-corrected chi connectivity index (χ0v) is 23.0. The summed E-state index contributed by atoms with van der Waals surface area (Å²) in [6.07, 6.45) is 4.20. The van der Waals surface area contributed by atoms with Crippen molar-refractivity contribution in [3.05, 3.63) is 82.8 Å². The molecular weight excluding hydrogens is 527 g/mol. The molecule has 0 atom stereocenters. The van der Waals surface area contributed by atoms with Gasteiger partial charge in [-0.3, -0.25) is 19.3 Å². The molecule has 3 aromatic rings. The van der Waals surface area contributed by atoms with Crippen LogP contribution in [-0.2, 0) is 19.1 Å². The van der Waals surface area contributed by atoms with Crippen LogP contribution in [0.15, 0.2) is 71.4 Å². The Morgan fingerprint density at radius 1 is 1.12 bits per heavy atom. The molecule has 0 N–H and O–H groups in total. The van der Waals surface area contributed by atoms with Gasteiger partial charge in [0.15, 0.2) is 11.6 Å². The fourth-order valence-corrected chi connectivity index (χ4v) is 4.33. The number of aromatic nitrogens is 2. The molecule has 0 bridgehead atoms. The molecule has 0 radical (unpaired) electrons. The van der Waals surface area contributed by atoms with Crippen molar-refractivity contribution in [2.24, 2.45) is 0 Å². The largest absolute Gasteiger partial charge is 0.491 e. The molecule has 2 aromatic carbocycles.